The Kier molecular flexibility index (Phi) is 2.31. The molecule has 1 aliphatic carbocycles. The topological polar surface area (TPSA) is 26.0 Å². The van der Waals surface area contributed by atoms with Crippen molar-refractivity contribution in [3.8, 4) is 0 Å². The van der Waals surface area contributed by atoms with Crippen molar-refractivity contribution in [3.63, 3.8) is 0 Å². The summed E-state index contributed by atoms with van der Waals surface area (Å²) in [7, 11) is 0. The van der Waals surface area contributed by atoms with Crippen LogP contribution in [-0.4, -0.2) is 6.54 Å². The molecule has 1 aromatic carbocycles. The van der Waals surface area contributed by atoms with E-state index in [1.807, 2.05) is 6.07 Å². The molecule has 0 saturated heterocycles. The first-order valence-electron chi connectivity index (χ1n) is 5.13. The molecule has 1 aromatic rings. The highest BCUT2D eigenvalue weighted by Crippen LogP contribution is 2.46. The van der Waals surface area contributed by atoms with Crippen LogP contribution in [0.4, 0.5) is 4.39 Å². The van der Waals surface area contributed by atoms with E-state index < -0.39 is 0 Å². The quantitative estimate of drug-likeness (QED) is 0.784. The molecule has 2 heteroatoms. The molecule has 0 amide bonds. The summed E-state index contributed by atoms with van der Waals surface area (Å²) in [4.78, 5) is 0. The Labute approximate surface area is 84.1 Å². The molecule has 14 heavy (non-hydrogen) atoms. The van der Waals surface area contributed by atoms with Crippen LogP contribution >= 0.6 is 0 Å². The summed E-state index contributed by atoms with van der Waals surface area (Å²) in [5.74, 6) is 0.483. The second-order valence-electron chi connectivity index (χ2n) is 4.41. The lowest BCUT2D eigenvalue weighted by molar-refractivity contribution is 0.418. The van der Waals surface area contributed by atoms with Gasteiger partial charge in [0.1, 0.15) is 5.82 Å². The smallest absolute Gasteiger partial charge is 0.123 e. The Morgan fingerprint density at radius 3 is 2.71 bits per heavy atom. The minimum atomic E-state index is -0.164. The van der Waals surface area contributed by atoms with E-state index >= 15 is 0 Å². The van der Waals surface area contributed by atoms with Crippen LogP contribution in [0.15, 0.2) is 24.3 Å². The van der Waals surface area contributed by atoms with Crippen molar-refractivity contribution < 1.29 is 4.39 Å². The molecule has 2 N–H and O–H groups in total. The van der Waals surface area contributed by atoms with Crippen LogP contribution in [0, 0.1) is 11.7 Å². The van der Waals surface area contributed by atoms with Crippen molar-refractivity contribution in [1.29, 1.82) is 0 Å². The molecule has 76 valence electrons. The average Bonchev–Trinajstić information content (AvgIpc) is 3.00. The van der Waals surface area contributed by atoms with Crippen LogP contribution in [0.1, 0.15) is 25.3 Å². The summed E-state index contributed by atoms with van der Waals surface area (Å²) < 4.78 is 13.1. The van der Waals surface area contributed by atoms with Crippen molar-refractivity contribution >= 4 is 0 Å². The minimum Gasteiger partial charge on any atom is -0.330 e. The Hall–Kier alpha value is -0.890. The highest BCUT2D eigenvalue weighted by Gasteiger charge is 2.41. The third-order valence-corrected chi connectivity index (χ3v) is 3.39. The van der Waals surface area contributed by atoms with Crippen LogP contribution in [0.25, 0.3) is 0 Å². The van der Waals surface area contributed by atoms with Crippen LogP contribution in [0.2, 0.25) is 0 Å². The van der Waals surface area contributed by atoms with E-state index in [-0.39, 0.29) is 11.2 Å². The third-order valence-electron chi connectivity index (χ3n) is 3.39. The number of rotatable bonds is 3. The maximum absolute atomic E-state index is 13.1. The largest absolute Gasteiger partial charge is 0.330 e. The molecule has 0 spiro atoms. The second kappa shape index (κ2) is 3.35. The van der Waals surface area contributed by atoms with E-state index in [0.717, 1.165) is 5.56 Å². The van der Waals surface area contributed by atoms with Gasteiger partial charge in [0.25, 0.3) is 0 Å². The SMILES string of the molecule is CC(CN)(c1cccc(F)c1)C1CC1. The van der Waals surface area contributed by atoms with E-state index in [0.29, 0.717) is 12.5 Å². The van der Waals surface area contributed by atoms with Crippen molar-refractivity contribution in [2.24, 2.45) is 11.7 Å². The van der Waals surface area contributed by atoms with E-state index in [4.69, 9.17) is 5.73 Å². The van der Waals surface area contributed by atoms with Gasteiger partial charge >= 0.3 is 0 Å². The molecule has 0 radical (unpaired) electrons. The highest BCUT2D eigenvalue weighted by molar-refractivity contribution is 5.28. The summed E-state index contributed by atoms with van der Waals surface area (Å²) in [5.41, 5.74) is 6.83. The van der Waals surface area contributed by atoms with E-state index in [2.05, 4.69) is 6.92 Å². The van der Waals surface area contributed by atoms with E-state index in [1.165, 1.54) is 18.9 Å². The zero-order chi connectivity index (χ0) is 10.2. The summed E-state index contributed by atoms with van der Waals surface area (Å²) >= 11 is 0. The lowest BCUT2D eigenvalue weighted by Gasteiger charge is -2.28. The molecule has 1 saturated carbocycles. The number of nitrogens with two attached hydrogens (primary N) is 1. The minimum absolute atomic E-state index is 0.0257. The van der Waals surface area contributed by atoms with Gasteiger partial charge in [-0.1, -0.05) is 19.1 Å². The first kappa shape index (κ1) is 9.66. The zero-order valence-electron chi connectivity index (χ0n) is 8.46. The molecule has 1 aliphatic rings. The van der Waals surface area contributed by atoms with Crippen molar-refractivity contribution in [2.75, 3.05) is 6.54 Å². The molecule has 1 fully saturated rings. The van der Waals surface area contributed by atoms with Gasteiger partial charge in [0.15, 0.2) is 0 Å². The normalized spacial score (nSPS) is 20.5. The maximum Gasteiger partial charge on any atom is 0.123 e. The highest BCUT2D eigenvalue weighted by atomic mass is 19.1. The van der Waals surface area contributed by atoms with Crippen LogP contribution in [-0.2, 0) is 5.41 Å². The number of hydrogen-bond acceptors (Lipinski definition) is 1. The van der Waals surface area contributed by atoms with Crippen LogP contribution in [0.5, 0.6) is 0 Å². The van der Waals surface area contributed by atoms with Gasteiger partial charge in [-0.15, -0.1) is 0 Å². The van der Waals surface area contributed by atoms with Gasteiger partial charge in [-0.3, -0.25) is 0 Å². The summed E-state index contributed by atoms with van der Waals surface area (Å²) in [6.45, 7) is 2.74. The van der Waals surface area contributed by atoms with Crippen molar-refractivity contribution in [1.82, 2.24) is 0 Å². The Bertz CT molecular complexity index is 333. The molecule has 1 unspecified atom stereocenters. The summed E-state index contributed by atoms with van der Waals surface area (Å²) in [6, 6.07) is 6.84. The molecule has 1 nitrogen and oxygen atoms in total. The van der Waals surface area contributed by atoms with Gasteiger partial charge in [-0.25, -0.2) is 4.39 Å². The molecule has 0 aromatic heterocycles. The maximum atomic E-state index is 13.1. The van der Waals surface area contributed by atoms with Crippen LogP contribution in [0.3, 0.4) is 0 Å². The fraction of sp³-hybridized carbons (Fsp3) is 0.500. The standard InChI is InChI=1S/C12H16FN/c1-12(8-14,9-5-6-9)10-3-2-4-11(13)7-10/h2-4,7,9H,5-6,8,14H2,1H3. The van der Waals surface area contributed by atoms with E-state index in [9.17, 15) is 4.39 Å². The van der Waals surface area contributed by atoms with Gasteiger partial charge in [0.05, 0.1) is 0 Å². The monoisotopic (exact) mass is 193 g/mol. The molecule has 1 atom stereocenters. The number of benzene rings is 1. The van der Waals surface area contributed by atoms with Gasteiger partial charge < -0.3 is 5.73 Å². The van der Waals surface area contributed by atoms with Gasteiger partial charge in [0, 0.05) is 12.0 Å². The molecular weight excluding hydrogens is 177 g/mol. The number of hydrogen-bond donors (Lipinski definition) is 1. The summed E-state index contributed by atoms with van der Waals surface area (Å²) in [6.07, 6.45) is 2.45. The lowest BCUT2D eigenvalue weighted by atomic mass is 9.78. The molecule has 2 rings (SSSR count). The Morgan fingerprint density at radius 1 is 1.50 bits per heavy atom. The molecular formula is C12H16FN. The van der Waals surface area contributed by atoms with Gasteiger partial charge in [0.2, 0.25) is 0 Å². The molecule has 0 aliphatic heterocycles. The predicted molar refractivity (Wildman–Crippen MR) is 55.5 cm³/mol. The predicted octanol–water partition coefficient (Wildman–Crippen LogP) is 2.45. The van der Waals surface area contributed by atoms with Crippen molar-refractivity contribution in [2.45, 2.75) is 25.2 Å². The third kappa shape index (κ3) is 1.55. The molecule has 0 heterocycles. The number of halogens is 1. The first-order valence-corrected chi connectivity index (χ1v) is 5.13. The fourth-order valence-corrected chi connectivity index (χ4v) is 2.08. The van der Waals surface area contributed by atoms with Crippen molar-refractivity contribution in [3.05, 3.63) is 35.6 Å². The van der Waals surface area contributed by atoms with Gasteiger partial charge in [-0.05, 0) is 36.5 Å². The molecule has 0 bridgehead atoms. The summed E-state index contributed by atoms with van der Waals surface area (Å²) in [5, 5.41) is 0. The second-order valence-corrected chi connectivity index (χ2v) is 4.41. The zero-order valence-corrected chi connectivity index (χ0v) is 8.46. The fourth-order valence-electron chi connectivity index (χ4n) is 2.08. The first-order chi connectivity index (χ1) is 6.66. The lowest BCUT2D eigenvalue weighted by Crippen LogP contribution is -2.34. The van der Waals surface area contributed by atoms with Crippen LogP contribution < -0.4 is 5.73 Å². The average molecular weight is 193 g/mol. The van der Waals surface area contributed by atoms with E-state index in [1.54, 1.807) is 12.1 Å². The van der Waals surface area contributed by atoms with Gasteiger partial charge in [-0.2, -0.15) is 0 Å². The Balaban J connectivity index is 2.35. The Morgan fingerprint density at radius 2 is 2.21 bits per heavy atom.